The molecule has 0 fully saturated rings. The minimum atomic E-state index is -3.86. The molecule has 0 N–H and O–H groups in total. The molecular formula is C15H12Cl2N2O3S2. The van der Waals surface area contributed by atoms with E-state index in [1.165, 1.54) is 30.6 Å². The summed E-state index contributed by atoms with van der Waals surface area (Å²) in [4.78, 5) is 0.369. The first-order chi connectivity index (χ1) is 11.3. The van der Waals surface area contributed by atoms with Gasteiger partial charge in [-0.1, -0.05) is 34.5 Å². The number of rotatable bonds is 3. The first kappa shape index (κ1) is 17.3. The fourth-order valence-electron chi connectivity index (χ4n) is 2.17. The van der Waals surface area contributed by atoms with Gasteiger partial charge in [-0.15, -0.1) is 4.40 Å². The van der Waals surface area contributed by atoms with E-state index in [0.29, 0.717) is 26.0 Å². The van der Waals surface area contributed by atoms with Crippen molar-refractivity contribution >= 4 is 54.8 Å². The quantitative estimate of drug-likeness (QED) is 0.668. The molecule has 9 heteroatoms. The largest absolute Gasteiger partial charge is 0.497 e. The van der Waals surface area contributed by atoms with Crippen LogP contribution in [-0.2, 0) is 17.1 Å². The van der Waals surface area contributed by atoms with E-state index in [-0.39, 0.29) is 9.70 Å². The monoisotopic (exact) mass is 402 g/mol. The van der Waals surface area contributed by atoms with E-state index < -0.39 is 10.0 Å². The lowest BCUT2D eigenvalue weighted by molar-refractivity contribution is 0.414. The van der Waals surface area contributed by atoms with Crippen molar-refractivity contribution in [2.75, 3.05) is 7.11 Å². The van der Waals surface area contributed by atoms with Gasteiger partial charge >= 0.3 is 0 Å². The van der Waals surface area contributed by atoms with Crippen LogP contribution in [0.1, 0.15) is 0 Å². The molecule has 0 aliphatic carbocycles. The third-order valence-corrected chi connectivity index (χ3v) is 6.70. The summed E-state index contributed by atoms with van der Waals surface area (Å²) in [5.74, 6) is 0.569. The fraction of sp³-hybridized carbons (Fsp3) is 0.133. The zero-order chi connectivity index (χ0) is 17.5. The highest BCUT2D eigenvalue weighted by Crippen LogP contribution is 2.31. The number of aromatic nitrogens is 1. The molecular weight excluding hydrogens is 391 g/mol. The lowest BCUT2D eigenvalue weighted by Gasteiger charge is -2.02. The van der Waals surface area contributed by atoms with Gasteiger partial charge < -0.3 is 9.30 Å². The molecule has 0 saturated heterocycles. The van der Waals surface area contributed by atoms with Gasteiger partial charge in [0.25, 0.3) is 10.0 Å². The van der Waals surface area contributed by atoms with Crippen LogP contribution in [0.15, 0.2) is 45.7 Å². The van der Waals surface area contributed by atoms with Crippen LogP contribution in [0.25, 0.3) is 10.2 Å². The molecule has 5 nitrogen and oxygen atoms in total. The van der Waals surface area contributed by atoms with Crippen molar-refractivity contribution in [3.63, 3.8) is 0 Å². The number of hydrogen-bond donors (Lipinski definition) is 0. The maximum atomic E-state index is 12.5. The summed E-state index contributed by atoms with van der Waals surface area (Å²) in [5.41, 5.74) is 0.651. The van der Waals surface area contributed by atoms with Crippen molar-refractivity contribution in [2.24, 2.45) is 11.4 Å². The predicted molar refractivity (Wildman–Crippen MR) is 96.6 cm³/mol. The van der Waals surface area contributed by atoms with Crippen molar-refractivity contribution in [3.8, 4) is 5.75 Å². The zero-order valence-corrected chi connectivity index (χ0v) is 15.8. The summed E-state index contributed by atoms with van der Waals surface area (Å²) in [6.45, 7) is 0. The standard InChI is InChI=1S/C15H12Cl2N2O3S2/c1-19-13-11(16)7-8-12(17)14(13)23-15(19)18-24(20,21)10-5-3-9(22-2)4-6-10/h3-8H,1-2H3. The number of nitrogens with zero attached hydrogens (tertiary/aromatic N) is 2. The van der Waals surface area contributed by atoms with E-state index >= 15 is 0 Å². The van der Waals surface area contributed by atoms with Gasteiger partial charge in [0.1, 0.15) is 5.75 Å². The summed E-state index contributed by atoms with van der Waals surface area (Å²) < 4.78 is 36.3. The normalized spacial score (nSPS) is 12.8. The minimum Gasteiger partial charge on any atom is -0.497 e. The van der Waals surface area contributed by atoms with Crippen LogP contribution in [0.3, 0.4) is 0 Å². The smallest absolute Gasteiger partial charge is 0.285 e. The lowest BCUT2D eigenvalue weighted by Crippen LogP contribution is -2.13. The van der Waals surface area contributed by atoms with Crippen LogP contribution in [0.4, 0.5) is 0 Å². The number of benzene rings is 2. The van der Waals surface area contributed by atoms with E-state index in [9.17, 15) is 8.42 Å². The molecule has 0 amide bonds. The predicted octanol–water partition coefficient (Wildman–Crippen LogP) is 3.84. The summed E-state index contributed by atoms with van der Waals surface area (Å²) in [5, 5.41) is 0.981. The van der Waals surface area contributed by atoms with Crippen LogP contribution in [0, 0.1) is 0 Å². The highest BCUT2D eigenvalue weighted by Gasteiger charge is 2.16. The van der Waals surface area contributed by atoms with E-state index in [2.05, 4.69) is 4.40 Å². The molecule has 126 valence electrons. The van der Waals surface area contributed by atoms with E-state index in [1.807, 2.05) is 0 Å². The average molecular weight is 403 g/mol. The molecule has 1 heterocycles. The number of fused-ring (bicyclic) bond motifs is 1. The van der Waals surface area contributed by atoms with Crippen molar-refractivity contribution in [3.05, 3.63) is 51.2 Å². The Hall–Kier alpha value is -1.54. The molecule has 0 aliphatic heterocycles. The number of thiazole rings is 1. The van der Waals surface area contributed by atoms with Crippen molar-refractivity contribution < 1.29 is 13.2 Å². The summed E-state index contributed by atoms with van der Waals surface area (Å²) in [6.07, 6.45) is 0. The number of hydrogen-bond acceptors (Lipinski definition) is 4. The van der Waals surface area contributed by atoms with Gasteiger partial charge in [0.15, 0.2) is 0 Å². The van der Waals surface area contributed by atoms with Crippen LogP contribution >= 0.6 is 34.5 Å². The highest BCUT2D eigenvalue weighted by molar-refractivity contribution is 7.90. The Bertz CT molecular complexity index is 1080. The molecule has 0 unspecified atom stereocenters. The number of methoxy groups -OCH3 is 1. The number of sulfonamides is 1. The van der Waals surface area contributed by atoms with Crippen molar-refractivity contribution in [1.29, 1.82) is 0 Å². The molecule has 0 atom stereocenters. The average Bonchev–Trinajstić information content (AvgIpc) is 2.88. The van der Waals surface area contributed by atoms with E-state index in [0.717, 1.165) is 0 Å². The molecule has 0 aliphatic rings. The molecule has 3 aromatic rings. The minimum absolute atomic E-state index is 0.0814. The Kier molecular flexibility index (Phi) is 4.61. The van der Waals surface area contributed by atoms with E-state index in [4.69, 9.17) is 27.9 Å². The first-order valence-corrected chi connectivity index (χ1v) is 9.73. The van der Waals surface area contributed by atoms with Gasteiger partial charge in [-0.3, -0.25) is 0 Å². The van der Waals surface area contributed by atoms with Gasteiger partial charge in [-0.2, -0.15) is 8.42 Å². The highest BCUT2D eigenvalue weighted by atomic mass is 35.5. The van der Waals surface area contributed by atoms with Gasteiger partial charge in [-0.05, 0) is 36.4 Å². The van der Waals surface area contributed by atoms with Gasteiger partial charge in [0.05, 0.1) is 32.3 Å². The SMILES string of the molecule is COc1ccc(S(=O)(=O)N=c2sc3c(Cl)ccc(Cl)c3n2C)cc1. The topological polar surface area (TPSA) is 60.7 Å². The number of ether oxygens (including phenoxy) is 1. The molecule has 0 radical (unpaired) electrons. The summed E-state index contributed by atoms with van der Waals surface area (Å²) in [6, 6.07) is 9.38. The summed E-state index contributed by atoms with van der Waals surface area (Å²) in [7, 11) is -0.651. The number of aryl methyl sites for hydroxylation is 1. The van der Waals surface area contributed by atoms with E-state index in [1.54, 1.807) is 35.9 Å². The Balaban J connectivity index is 2.20. The Labute approximate surface area is 152 Å². The van der Waals surface area contributed by atoms with Crippen LogP contribution in [0.2, 0.25) is 10.0 Å². The molecule has 2 aromatic carbocycles. The maximum Gasteiger partial charge on any atom is 0.285 e. The maximum absolute atomic E-state index is 12.5. The molecule has 0 spiro atoms. The molecule has 24 heavy (non-hydrogen) atoms. The lowest BCUT2D eigenvalue weighted by atomic mass is 10.3. The van der Waals surface area contributed by atoms with Gasteiger partial charge in [0.2, 0.25) is 4.80 Å². The third-order valence-electron chi connectivity index (χ3n) is 3.41. The second-order valence-corrected chi connectivity index (χ2v) is 8.29. The first-order valence-electron chi connectivity index (χ1n) is 6.72. The van der Waals surface area contributed by atoms with Crippen LogP contribution < -0.4 is 9.54 Å². The third kappa shape index (κ3) is 3.04. The van der Waals surface area contributed by atoms with Crippen LogP contribution in [-0.4, -0.2) is 20.1 Å². The Morgan fingerprint density at radius 2 is 1.71 bits per heavy atom. The Morgan fingerprint density at radius 1 is 1.08 bits per heavy atom. The number of halogens is 2. The molecule has 3 rings (SSSR count). The second kappa shape index (κ2) is 6.40. The second-order valence-electron chi connectivity index (χ2n) is 4.89. The zero-order valence-electron chi connectivity index (χ0n) is 12.7. The molecule has 1 aromatic heterocycles. The fourth-order valence-corrected chi connectivity index (χ4v) is 5.06. The van der Waals surface area contributed by atoms with Crippen molar-refractivity contribution in [1.82, 2.24) is 4.57 Å². The molecule has 0 saturated carbocycles. The van der Waals surface area contributed by atoms with Crippen LogP contribution in [0.5, 0.6) is 5.75 Å². The van der Waals surface area contributed by atoms with Crippen molar-refractivity contribution in [2.45, 2.75) is 4.90 Å². The Morgan fingerprint density at radius 3 is 2.29 bits per heavy atom. The van der Waals surface area contributed by atoms with Gasteiger partial charge in [0, 0.05) is 7.05 Å². The van der Waals surface area contributed by atoms with Gasteiger partial charge in [-0.25, -0.2) is 0 Å². The summed E-state index contributed by atoms with van der Waals surface area (Å²) >= 11 is 13.5. The molecule has 0 bridgehead atoms.